The van der Waals surface area contributed by atoms with Gasteiger partial charge in [-0.05, 0) is 43.5 Å². The summed E-state index contributed by atoms with van der Waals surface area (Å²) in [6.45, 7) is 4.26. The van der Waals surface area contributed by atoms with Crippen LogP contribution >= 0.6 is 0 Å². The summed E-state index contributed by atoms with van der Waals surface area (Å²) in [6, 6.07) is 4.02. The van der Waals surface area contributed by atoms with Crippen molar-refractivity contribution >= 4 is 6.21 Å². The molecule has 3 nitrogen and oxygen atoms in total. The Hall–Kier alpha value is -1.51. The second-order valence-electron chi connectivity index (χ2n) is 4.65. The fourth-order valence-corrected chi connectivity index (χ4v) is 1.97. The normalized spacial score (nSPS) is 16.8. The average Bonchev–Trinajstić information content (AvgIpc) is 2.26. The van der Waals surface area contributed by atoms with Gasteiger partial charge in [-0.25, -0.2) is 0 Å². The number of nitrogens with zero attached hydrogens (tertiary/aromatic N) is 1. The summed E-state index contributed by atoms with van der Waals surface area (Å²) >= 11 is 0. The molecule has 2 rings (SSSR count). The monoisotopic (exact) mass is 219 g/mol. The highest BCUT2D eigenvalue weighted by molar-refractivity contribution is 5.85. The Morgan fingerprint density at radius 2 is 1.75 bits per heavy atom. The Balaban J connectivity index is 2.49. The molecule has 0 N–H and O–H groups in total. The molecule has 0 saturated heterocycles. The summed E-state index contributed by atoms with van der Waals surface area (Å²) in [4.78, 5) is 4.51. The van der Waals surface area contributed by atoms with E-state index in [4.69, 9.17) is 9.47 Å². The first kappa shape index (κ1) is 11.0. The van der Waals surface area contributed by atoms with Crippen molar-refractivity contribution in [3.63, 3.8) is 0 Å². The molecule has 86 valence electrons. The molecule has 0 aromatic heterocycles. The number of hydrogen-bond acceptors (Lipinski definition) is 3. The second-order valence-corrected chi connectivity index (χ2v) is 4.65. The highest BCUT2D eigenvalue weighted by Gasteiger charge is 2.23. The van der Waals surface area contributed by atoms with Gasteiger partial charge in [0.15, 0.2) is 11.5 Å². The van der Waals surface area contributed by atoms with E-state index in [9.17, 15) is 0 Å². The zero-order valence-corrected chi connectivity index (χ0v) is 10.2. The largest absolute Gasteiger partial charge is 0.493 e. The third kappa shape index (κ3) is 1.90. The lowest BCUT2D eigenvalue weighted by Crippen LogP contribution is -2.24. The van der Waals surface area contributed by atoms with E-state index in [1.165, 1.54) is 5.56 Å². The lowest BCUT2D eigenvalue weighted by Gasteiger charge is -2.26. The van der Waals surface area contributed by atoms with E-state index in [1.54, 1.807) is 14.2 Å². The number of rotatable bonds is 2. The molecule has 16 heavy (non-hydrogen) atoms. The first-order valence-corrected chi connectivity index (χ1v) is 5.36. The summed E-state index contributed by atoms with van der Waals surface area (Å²) in [5.41, 5.74) is 2.36. The van der Waals surface area contributed by atoms with Gasteiger partial charge in [0, 0.05) is 6.21 Å². The molecular formula is C13H17NO2. The number of fused-ring (bicyclic) bond motifs is 1. The van der Waals surface area contributed by atoms with Gasteiger partial charge in [0.2, 0.25) is 0 Å². The highest BCUT2D eigenvalue weighted by atomic mass is 16.5. The molecule has 1 aliphatic heterocycles. The molecule has 1 heterocycles. The van der Waals surface area contributed by atoms with Gasteiger partial charge in [-0.3, -0.25) is 4.99 Å². The molecule has 0 aliphatic carbocycles. The van der Waals surface area contributed by atoms with E-state index in [1.807, 2.05) is 18.3 Å². The molecule has 1 aromatic carbocycles. The third-order valence-electron chi connectivity index (χ3n) is 2.82. The van der Waals surface area contributed by atoms with Crippen LogP contribution in [-0.2, 0) is 6.42 Å². The van der Waals surface area contributed by atoms with Gasteiger partial charge in [0.1, 0.15) is 0 Å². The van der Waals surface area contributed by atoms with Crippen LogP contribution in [-0.4, -0.2) is 26.0 Å². The average molecular weight is 219 g/mol. The van der Waals surface area contributed by atoms with Gasteiger partial charge in [-0.2, -0.15) is 0 Å². The van der Waals surface area contributed by atoms with Crippen LogP contribution in [0.1, 0.15) is 25.0 Å². The lowest BCUT2D eigenvalue weighted by atomic mass is 9.89. The molecular weight excluding hydrogens is 202 g/mol. The van der Waals surface area contributed by atoms with Gasteiger partial charge >= 0.3 is 0 Å². The zero-order valence-electron chi connectivity index (χ0n) is 10.2. The van der Waals surface area contributed by atoms with E-state index in [0.717, 1.165) is 23.5 Å². The minimum atomic E-state index is -0.0212. The van der Waals surface area contributed by atoms with E-state index in [-0.39, 0.29) is 5.54 Å². The van der Waals surface area contributed by atoms with E-state index < -0.39 is 0 Å². The summed E-state index contributed by atoms with van der Waals surface area (Å²) in [7, 11) is 3.31. The topological polar surface area (TPSA) is 30.8 Å². The third-order valence-corrected chi connectivity index (χ3v) is 2.82. The van der Waals surface area contributed by atoms with Crippen LogP contribution in [0.4, 0.5) is 0 Å². The first-order valence-electron chi connectivity index (χ1n) is 5.36. The van der Waals surface area contributed by atoms with Crippen LogP contribution in [0.2, 0.25) is 0 Å². The standard InChI is InChI=1S/C13H17NO2/c1-13(2)7-9-5-11(15-3)12(16-4)6-10(9)8-14-13/h5-6,8H,7H2,1-4H3. The van der Waals surface area contributed by atoms with Gasteiger partial charge in [-0.15, -0.1) is 0 Å². The maximum Gasteiger partial charge on any atom is 0.161 e. The van der Waals surface area contributed by atoms with Crippen molar-refractivity contribution in [1.82, 2.24) is 0 Å². The highest BCUT2D eigenvalue weighted by Crippen LogP contribution is 2.34. The molecule has 0 atom stereocenters. The molecule has 1 aliphatic rings. The number of methoxy groups -OCH3 is 2. The van der Waals surface area contributed by atoms with E-state index in [0.29, 0.717) is 0 Å². The Morgan fingerprint density at radius 1 is 1.12 bits per heavy atom. The van der Waals surface area contributed by atoms with Gasteiger partial charge in [0.25, 0.3) is 0 Å². The molecule has 0 spiro atoms. The zero-order chi connectivity index (χ0) is 11.8. The summed E-state index contributed by atoms with van der Waals surface area (Å²) in [5.74, 6) is 1.54. The molecule has 3 heteroatoms. The van der Waals surface area contributed by atoms with Gasteiger partial charge < -0.3 is 9.47 Å². The Labute approximate surface area is 96.1 Å². The molecule has 0 fully saturated rings. The van der Waals surface area contributed by atoms with Crippen molar-refractivity contribution in [2.75, 3.05) is 14.2 Å². The summed E-state index contributed by atoms with van der Waals surface area (Å²) < 4.78 is 10.6. The van der Waals surface area contributed by atoms with Crippen LogP contribution in [0.3, 0.4) is 0 Å². The Kier molecular flexibility index (Phi) is 2.62. The van der Waals surface area contributed by atoms with Gasteiger partial charge in [0.05, 0.1) is 19.8 Å². The van der Waals surface area contributed by atoms with Gasteiger partial charge in [-0.1, -0.05) is 0 Å². The molecule has 0 saturated carbocycles. The Morgan fingerprint density at radius 3 is 2.38 bits per heavy atom. The predicted molar refractivity (Wildman–Crippen MR) is 64.9 cm³/mol. The number of aliphatic imine (C=N–C) groups is 1. The van der Waals surface area contributed by atoms with Crippen LogP contribution in [0.5, 0.6) is 11.5 Å². The quantitative estimate of drug-likeness (QED) is 0.765. The van der Waals surface area contributed by atoms with Crippen LogP contribution in [0, 0.1) is 0 Å². The van der Waals surface area contributed by atoms with Crippen molar-refractivity contribution in [2.45, 2.75) is 25.8 Å². The second kappa shape index (κ2) is 3.81. The van der Waals surface area contributed by atoms with Crippen LogP contribution < -0.4 is 9.47 Å². The smallest absolute Gasteiger partial charge is 0.161 e. The van der Waals surface area contributed by atoms with Crippen molar-refractivity contribution in [2.24, 2.45) is 4.99 Å². The van der Waals surface area contributed by atoms with Crippen molar-refractivity contribution in [3.8, 4) is 11.5 Å². The maximum atomic E-state index is 5.30. The fraction of sp³-hybridized carbons (Fsp3) is 0.462. The van der Waals surface area contributed by atoms with Crippen LogP contribution in [0.15, 0.2) is 17.1 Å². The van der Waals surface area contributed by atoms with E-state index in [2.05, 4.69) is 18.8 Å². The Bertz CT molecular complexity index is 436. The summed E-state index contributed by atoms with van der Waals surface area (Å²) in [6.07, 6.45) is 2.85. The van der Waals surface area contributed by atoms with Crippen molar-refractivity contribution < 1.29 is 9.47 Å². The number of hydrogen-bond donors (Lipinski definition) is 0. The molecule has 0 radical (unpaired) electrons. The molecule has 0 bridgehead atoms. The molecule has 0 unspecified atom stereocenters. The number of benzene rings is 1. The fourth-order valence-electron chi connectivity index (χ4n) is 1.97. The van der Waals surface area contributed by atoms with Crippen molar-refractivity contribution in [1.29, 1.82) is 0 Å². The van der Waals surface area contributed by atoms with E-state index >= 15 is 0 Å². The SMILES string of the molecule is COc1cc2c(cc1OC)CC(C)(C)N=C2. The first-order chi connectivity index (χ1) is 7.55. The summed E-state index contributed by atoms with van der Waals surface area (Å²) in [5, 5.41) is 0. The van der Waals surface area contributed by atoms with Crippen molar-refractivity contribution in [3.05, 3.63) is 23.3 Å². The molecule has 1 aromatic rings. The lowest BCUT2D eigenvalue weighted by molar-refractivity contribution is 0.354. The number of ether oxygens (including phenoxy) is 2. The predicted octanol–water partition coefficient (Wildman–Crippen LogP) is 2.46. The minimum absolute atomic E-state index is 0.0212. The van der Waals surface area contributed by atoms with Crippen LogP contribution in [0.25, 0.3) is 0 Å². The molecule has 0 amide bonds. The maximum absolute atomic E-state index is 5.30. The minimum Gasteiger partial charge on any atom is -0.493 e.